The Balaban J connectivity index is 1.20. The fourth-order valence-corrected chi connectivity index (χ4v) is 6.04. The summed E-state index contributed by atoms with van der Waals surface area (Å²) < 4.78 is 12.5. The highest BCUT2D eigenvalue weighted by Gasteiger charge is 2.17. The van der Waals surface area contributed by atoms with Crippen molar-refractivity contribution in [2.24, 2.45) is 0 Å². The molecule has 0 aliphatic carbocycles. The first-order valence-corrected chi connectivity index (χ1v) is 14.5. The summed E-state index contributed by atoms with van der Waals surface area (Å²) in [5.41, 5.74) is 8.34. The molecule has 206 valence electrons. The van der Waals surface area contributed by atoms with E-state index in [0.29, 0.717) is 17.5 Å². The summed E-state index contributed by atoms with van der Waals surface area (Å²) in [6.07, 6.45) is 0. The maximum atomic E-state index is 6.46. The Kier molecular flexibility index (Phi) is 5.43. The van der Waals surface area contributed by atoms with E-state index in [1.54, 1.807) is 0 Å². The number of fused-ring (bicyclic) bond motifs is 6. The molecule has 0 radical (unpaired) electrons. The maximum absolute atomic E-state index is 6.46. The van der Waals surface area contributed by atoms with Crippen molar-refractivity contribution in [3.8, 4) is 45.3 Å². The summed E-state index contributed by atoms with van der Waals surface area (Å²) in [5.74, 6) is 1.85. The zero-order chi connectivity index (χ0) is 29.0. The molecule has 9 aromatic rings. The van der Waals surface area contributed by atoms with E-state index < -0.39 is 0 Å². The number of nitrogens with zero attached hydrogens (tertiary/aromatic N) is 3. The predicted octanol–water partition coefficient (Wildman–Crippen LogP) is 10.3. The molecule has 0 N–H and O–H groups in total. The number of hydrogen-bond donors (Lipinski definition) is 0. The lowest BCUT2D eigenvalue weighted by atomic mass is 9.97. The maximum Gasteiger partial charge on any atom is 0.164 e. The third kappa shape index (κ3) is 3.98. The second-order valence-corrected chi connectivity index (χ2v) is 10.8. The first-order valence-electron chi connectivity index (χ1n) is 14.5. The van der Waals surface area contributed by atoms with Crippen LogP contribution in [0.3, 0.4) is 0 Å². The number of benzene rings is 6. The van der Waals surface area contributed by atoms with Gasteiger partial charge < -0.3 is 8.83 Å². The third-order valence-corrected chi connectivity index (χ3v) is 8.14. The summed E-state index contributed by atoms with van der Waals surface area (Å²) in [6, 6.07) is 47.0. The van der Waals surface area contributed by atoms with Crippen LogP contribution in [0.15, 0.2) is 148 Å². The van der Waals surface area contributed by atoms with Gasteiger partial charge in [-0.3, -0.25) is 0 Å². The monoisotopic (exact) mass is 565 g/mol. The minimum Gasteiger partial charge on any atom is -0.456 e. The molecule has 0 fully saturated rings. The quantitative estimate of drug-likeness (QED) is 0.212. The van der Waals surface area contributed by atoms with Crippen LogP contribution in [0.1, 0.15) is 0 Å². The number of hydrogen-bond acceptors (Lipinski definition) is 5. The molecule has 0 saturated carbocycles. The molecule has 0 amide bonds. The average Bonchev–Trinajstić information content (AvgIpc) is 3.66. The Morgan fingerprint density at radius 2 is 0.932 bits per heavy atom. The molecule has 3 aromatic heterocycles. The van der Waals surface area contributed by atoms with Crippen LogP contribution in [0, 0.1) is 0 Å². The molecule has 5 nitrogen and oxygen atoms in total. The molecule has 6 aromatic carbocycles. The van der Waals surface area contributed by atoms with Crippen LogP contribution < -0.4 is 0 Å². The molecule has 0 spiro atoms. The summed E-state index contributed by atoms with van der Waals surface area (Å²) in [6.45, 7) is 0. The van der Waals surface area contributed by atoms with Crippen molar-refractivity contribution in [1.82, 2.24) is 15.0 Å². The molecule has 0 aliphatic heterocycles. The standard InChI is InChI=1S/C39H23N3O2/c1-3-10-24(11-4-1)37-40-38(25-12-5-2-6-13-25)42-39(41-37)27-18-20-30-35(23-27)44-34-17-9-15-28(36(30)34)26-19-21-33-31(22-26)29-14-7-8-16-32(29)43-33/h1-23H. The summed E-state index contributed by atoms with van der Waals surface area (Å²) in [4.78, 5) is 14.6. The van der Waals surface area contributed by atoms with Gasteiger partial charge in [0.1, 0.15) is 22.3 Å². The van der Waals surface area contributed by atoms with Crippen molar-refractivity contribution < 1.29 is 8.83 Å². The molecular formula is C39H23N3O2. The van der Waals surface area contributed by atoms with Gasteiger partial charge in [-0.15, -0.1) is 0 Å². The molecule has 9 rings (SSSR count). The lowest BCUT2D eigenvalue weighted by Crippen LogP contribution is -2.00. The van der Waals surface area contributed by atoms with Crippen molar-refractivity contribution in [2.45, 2.75) is 0 Å². The lowest BCUT2D eigenvalue weighted by molar-refractivity contribution is 0.669. The van der Waals surface area contributed by atoms with Crippen LogP contribution in [-0.2, 0) is 0 Å². The minimum absolute atomic E-state index is 0.595. The molecule has 0 unspecified atom stereocenters. The normalized spacial score (nSPS) is 11.6. The molecule has 0 atom stereocenters. The van der Waals surface area contributed by atoms with Crippen LogP contribution in [0.2, 0.25) is 0 Å². The van der Waals surface area contributed by atoms with E-state index >= 15 is 0 Å². The summed E-state index contributed by atoms with van der Waals surface area (Å²) >= 11 is 0. The van der Waals surface area contributed by atoms with Gasteiger partial charge >= 0.3 is 0 Å². The largest absolute Gasteiger partial charge is 0.456 e. The molecule has 0 aliphatic rings. The van der Waals surface area contributed by atoms with E-state index in [9.17, 15) is 0 Å². The molecular weight excluding hydrogens is 542 g/mol. The highest BCUT2D eigenvalue weighted by Crippen LogP contribution is 2.40. The van der Waals surface area contributed by atoms with Crippen molar-refractivity contribution in [3.05, 3.63) is 140 Å². The molecule has 3 heterocycles. The van der Waals surface area contributed by atoms with Gasteiger partial charge in [0.15, 0.2) is 17.5 Å². The second-order valence-electron chi connectivity index (χ2n) is 10.8. The number of rotatable bonds is 4. The van der Waals surface area contributed by atoms with Gasteiger partial charge in [-0.1, -0.05) is 103 Å². The highest BCUT2D eigenvalue weighted by molar-refractivity contribution is 6.14. The van der Waals surface area contributed by atoms with Gasteiger partial charge in [0, 0.05) is 38.2 Å². The number of para-hydroxylation sites is 1. The van der Waals surface area contributed by atoms with E-state index in [4.69, 9.17) is 23.8 Å². The fourth-order valence-electron chi connectivity index (χ4n) is 6.04. The topological polar surface area (TPSA) is 65.0 Å². The van der Waals surface area contributed by atoms with Crippen molar-refractivity contribution in [3.63, 3.8) is 0 Å². The van der Waals surface area contributed by atoms with Crippen LogP contribution in [-0.4, -0.2) is 15.0 Å². The van der Waals surface area contributed by atoms with E-state index in [1.165, 1.54) is 0 Å². The summed E-state index contributed by atoms with van der Waals surface area (Å²) in [7, 11) is 0. The SMILES string of the molecule is c1ccc(-c2nc(-c3ccccc3)nc(-c3ccc4c(c3)oc3cccc(-c5ccc6oc7ccccc7c6c5)c34)n2)cc1. The Morgan fingerprint density at radius 1 is 0.341 bits per heavy atom. The van der Waals surface area contributed by atoms with Gasteiger partial charge in [0.25, 0.3) is 0 Å². The van der Waals surface area contributed by atoms with Crippen molar-refractivity contribution in [1.29, 1.82) is 0 Å². The average molecular weight is 566 g/mol. The van der Waals surface area contributed by atoms with E-state index in [2.05, 4.69) is 42.5 Å². The third-order valence-electron chi connectivity index (χ3n) is 8.14. The van der Waals surface area contributed by atoms with Crippen molar-refractivity contribution in [2.75, 3.05) is 0 Å². The Hall–Kier alpha value is -6.07. The Labute approximate surface area is 252 Å². The van der Waals surface area contributed by atoms with Gasteiger partial charge in [-0.2, -0.15) is 0 Å². The zero-order valence-electron chi connectivity index (χ0n) is 23.4. The minimum atomic E-state index is 0.595. The fraction of sp³-hybridized carbons (Fsp3) is 0. The summed E-state index contributed by atoms with van der Waals surface area (Å²) in [5, 5.41) is 4.33. The lowest BCUT2D eigenvalue weighted by Gasteiger charge is -2.08. The van der Waals surface area contributed by atoms with Gasteiger partial charge in [-0.25, -0.2) is 15.0 Å². The number of furan rings is 2. The van der Waals surface area contributed by atoms with E-state index in [0.717, 1.165) is 71.7 Å². The number of aromatic nitrogens is 3. The zero-order valence-corrected chi connectivity index (χ0v) is 23.4. The van der Waals surface area contributed by atoms with Gasteiger partial charge in [-0.05, 0) is 47.5 Å². The van der Waals surface area contributed by atoms with Crippen LogP contribution >= 0.6 is 0 Å². The van der Waals surface area contributed by atoms with Crippen LogP contribution in [0.4, 0.5) is 0 Å². The Morgan fingerprint density at radius 3 is 1.68 bits per heavy atom. The van der Waals surface area contributed by atoms with Crippen LogP contribution in [0.5, 0.6) is 0 Å². The Bertz CT molecular complexity index is 2440. The van der Waals surface area contributed by atoms with Gasteiger partial charge in [0.05, 0.1) is 0 Å². The molecule has 5 heteroatoms. The molecule has 44 heavy (non-hydrogen) atoms. The first kappa shape index (κ1) is 24.5. The smallest absolute Gasteiger partial charge is 0.164 e. The molecule has 0 bridgehead atoms. The van der Waals surface area contributed by atoms with E-state index in [1.807, 2.05) is 97.1 Å². The molecule has 0 saturated heterocycles. The van der Waals surface area contributed by atoms with Crippen LogP contribution in [0.25, 0.3) is 89.2 Å². The first-order chi connectivity index (χ1) is 21.8. The highest BCUT2D eigenvalue weighted by atomic mass is 16.3. The van der Waals surface area contributed by atoms with E-state index in [-0.39, 0.29) is 0 Å². The predicted molar refractivity (Wildman–Crippen MR) is 176 cm³/mol. The van der Waals surface area contributed by atoms with Crippen molar-refractivity contribution >= 4 is 43.9 Å². The van der Waals surface area contributed by atoms with Gasteiger partial charge in [0.2, 0.25) is 0 Å². The second kappa shape index (κ2) is 9.75.